The summed E-state index contributed by atoms with van der Waals surface area (Å²) in [7, 11) is 3.63. The number of carbonyl (C=O) groups excluding carboxylic acids is 1. The number of aliphatic carboxylic acids is 1. The summed E-state index contributed by atoms with van der Waals surface area (Å²) in [5, 5.41) is 20.0. The summed E-state index contributed by atoms with van der Waals surface area (Å²) in [6.45, 7) is 1.86. The molecule has 0 aromatic carbocycles. The number of aliphatic hydroxyl groups excluding tert-OH is 1. The van der Waals surface area contributed by atoms with Crippen LogP contribution in [0.4, 0.5) is 0 Å². The average Bonchev–Trinajstić information content (AvgIpc) is 2.09. The molecule has 6 nitrogen and oxygen atoms in total. The minimum Gasteiger partial charge on any atom is -0.480 e. The molecule has 0 fully saturated rings. The van der Waals surface area contributed by atoms with Crippen LogP contribution >= 0.6 is 0 Å². The number of aliphatic hydroxyl groups is 1. The van der Waals surface area contributed by atoms with Crippen molar-refractivity contribution >= 4 is 11.9 Å². The van der Waals surface area contributed by atoms with Gasteiger partial charge in [0.1, 0.15) is 0 Å². The number of carboxylic acid groups (broad SMARTS) is 1. The lowest BCUT2D eigenvalue weighted by molar-refractivity contribution is -0.144. The number of amides is 1. The molecule has 0 saturated carbocycles. The van der Waals surface area contributed by atoms with E-state index in [1.807, 2.05) is 19.0 Å². The van der Waals surface area contributed by atoms with E-state index in [0.29, 0.717) is 6.54 Å². The van der Waals surface area contributed by atoms with Crippen LogP contribution in [0.15, 0.2) is 0 Å². The van der Waals surface area contributed by atoms with Crippen molar-refractivity contribution in [1.82, 2.24) is 10.2 Å². The molecule has 0 aliphatic rings. The van der Waals surface area contributed by atoms with E-state index in [4.69, 9.17) is 10.2 Å². The molecule has 3 N–H and O–H groups in total. The third-order valence-corrected chi connectivity index (χ3v) is 1.85. The minimum absolute atomic E-state index is 0.212. The predicted molar refractivity (Wildman–Crippen MR) is 54.4 cm³/mol. The molecule has 0 rings (SSSR count). The maximum Gasteiger partial charge on any atom is 0.328 e. The van der Waals surface area contributed by atoms with Gasteiger partial charge in [0.05, 0.1) is 6.10 Å². The third-order valence-electron chi connectivity index (χ3n) is 1.85. The molecule has 2 atom stereocenters. The first-order valence-electron chi connectivity index (χ1n) is 4.69. The fourth-order valence-corrected chi connectivity index (χ4v) is 0.959. The van der Waals surface area contributed by atoms with E-state index in [9.17, 15) is 9.59 Å². The maximum absolute atomic E-state index is 11.3. The molecule has 88 valence electrons. The van der Waals surface area contributed by atoms with Crippen molar-refractivity contribution in [2.45, 2.75) is 25.5 Å². The highest BCUT2D eigenvalue weighted by Gasteiger charge is 2.24. The van der Waals surface area contributed by atoms with Crippen LogP contribution in [0.1, 0.15) is 13.3 Å². The van der Waals surface area contributed by atoms with Gasteiger partial charge in [0, 0.05) is 13.0 Å². The second kappa shape index (κ2) is 6.36. The summed E-state index contributed by atoms with van der Waals surface area (Å²) in [5.74, 6) is -1.61. The molecule has 0 spiro atoms. The SMILES string of the molecule is CC(O)C(NC(=O)CCN(C)C)C(=O)O. The van der Waals surface area contributed by atoms with Crippen LogP contribution in [0.5, 0.6) is 0 Å². The molecule has 2 unspecified atom stereocenters. The number of carbonyl (C=O) groups is 2. The van der Waals surface area contributed by atoms with E-state index >= 15 is 0 Å². The fourth-order valence-electron chi connectivity index (χ4n) is 0.959. The zero-order chi connectivity index (χ0) is 12.0. The Labute approximate surface area is 88.9 Å². The summed E-state index contributed by atoms with van der Waals surface area (Å²) in [6, 6.07) is -1.24. The fraction of sp³-hybridized carbons (Fsp3) is 0.778. The predicted octanol–water partition coefficient (Wildman–Crippen LogP) is -1.11. The largest absolute Gasteiger partial charge is 0.480 e. The van der Waals surface area contributed by atoms with Crippen molar-refractivity contribution in [3.8, 4) is 0 Å². The van der Waals surface area contributed by atoms with Crippen LogP contribution in [0.25, 0.3) is 0 Å². The second-order valence-electron chi connectivity index (χ2n) is 3.68. The minimum atomic E-state index is -1.24. The molecule has 0 aromatic heterocycles. The maximum atomic E-state index is 11.3. The van der Waals surface area contributed by atoms with Gasteiger partial charge in [0.15, 0.2) is 6.04 Å². The highest BCUT2D eigenvalue weighted by atomic mass is 16.4. The van der Waals surface area contributed by atoms with Gasteiger partial charge in [-0.1, -0.05) is 0 Å². The first-order chi connectivity index (χ1) is 6.84. The Bertz CT molecular complexity index is 228. The van der Waals surface area contributed by atoms with Crippen LogP contribution in [0.2, 0.25) is 0 Å². The smallest absolute Gasteiger partial charge is 0.328 e. The van der Waals surface area contributed by atoms with Crippen molar-refractivity contribution in [2.24, 2.45) is 0 Å². The van der Waals surface area contributed by atoms with Gasteiger partial charge in [-0.3, -0.25) is 4.79 Å². The number of nitrogens with zero attached hydrogens (tertiary/aromatic N) is 1. The van der Waals surface area contributed by atoms with Crippen LogP contribution in [-0.2, 0) is 9.59 Å². The number of hydrogen-bond acceptors (Lipinski definition) is 4. The molecule has 1 amide bonds. The topological polar surface area (TPSA) is 89.9 Å². The zero-order valence-corrected chi connectivity index (χ0v) is 9.23. The highest BCUT2D eigenvalue weighted by molar-refractivity contribution is 5.83. The van der Waals surface area contributed by atoms with Crippen LogP contribution in [0.3, 0.4) is 0 Å². The Morgan fingerprint density at radius 1 is 1.40 bits per heavy atom. The molecule has 0 aliphatic carbocycles. The zero-order valence-electron chi connectivity index (χ0n) is 9.23. The summed E-state index contributed by atoms with van der Waals surface area (Å²) in [5.41, 5.74) is 0. The van der Waals surface area contributed by atoms with E-state index in [-0.39, 0.29) is 12.3 Å². The van der Waals surface area contributed by atoms with Gasteiger partial charge < -0.3 is 20.4 Å². The van der Waals surface area contributed by atoms with Crippen molar-refractivity contribution in [3.63, 3.8) is 0 Å². The molecule has 15 heavy (non-hydrogen) atoms. The van der Waals surface area contributed by atoms with Crippen molar-refractivity contribution in [3.05, 3.63) is 0 Å². The molecule has 0 saturated heterocycles. The van der Waals surface area contributed by atoms with E-state index < -0.39 is 18.1 Å². The lowest BCUT2D eigenvalue weighted by atomic mass is 10.2. The molecule has 0 aliphatic heterocycles. The van der Waals surface area contributed by atoms with Gasteiger partial charge in [-0.05, 0) is 21.0 Å². The normalized spacial score (nSPS) is 14.7. The van der Waals surface area contributed by atoms with E-state index in [1.165, 1.54) is 6.92 Å². The summed E-state index contributed by atoms with van der Waals surface area (Å²) in [6.07, 6.45) is -0.894. The van der Waals surface area contributed by atoms with E-state index in [0.717, 1.165) is 0 Å². The number of hydrogen-bond donors (Lipinski definition) is 3. The number of carboxylic acids is 1. The molecule has 0 radical (unpaired) electrons. The average molecular weight is 218 g/mol. The van der Waals surface area contributed by atoms with E-state index in [1.54, 1.807) is 0 Å². The number of rotatable bonds is 6. The Morgan fingerprint density at radius 3 is 2.27 bits per heavy atom. The highest BCUT2D eigenvalue weighted by Crippen LogP contribution is 1.94. The monoisotopic (exact) mass is 218 g/mol. The number of nitrogens with one attached hydrogen (secondary N) is 1. The Kier molecular flexibility index (Phi) is 5.88. The molecule has 6 heteroatoms. The first-order valence-corrected chi connectivity index (χ1v) is 4.69. The molecular formula is C9H18N2O4. The van der Waals surface area contributed by atoms with Gasteiger partial charge in [-0.15, -0.1) is 0 Å². The molecule has 0 aromatic rings. The molecule has 0 heterocycles. The lowest BCUT2D eigenvalue weighted by Crippen LogP contribution is -2.48. The van der Waals surface area contributed by atoms with Crippen molar-refractivity contribution in [1.29, 1.82) is 0 Å². The van der Waals surface area contributed by atoms with Crippen LogP contribution < -0.4 is 5.32 Å². The van der Waals surface area contributed by atoms with E-state index in [2.05, 4.69) is 5.32 Å². The van der Waals surface area contributed by atoms with Crippen molar-refractivity contribution < 1.29 is 19.8 Å². The summed E-state index contributed by atoms with van der Waals surface area (Å²) in [4.78, 5) is 23.7. The van der Waals surface area contributed by atoms with Gasteiger partial charge in [0.2, 0.25) is 5.91 Å². The van der Waals surface area contributed by atoms with Crippen molar-refractivity contribution in [2.75, 3.05) is 20.6 Å². The molecule has 0 bridgehead atoms. The summed E-state index contributed by atoms with van der Waals surface area (Å²) < 4.78 is 0. The summed E-state index contributed by atoms with van der Waals surface area (Å²) >= 11 is 0. The second-order valence-corrected chi connectivity index (χ2v) is 3.68. The Hall–Kier alpha value is -1.14. The standard InChI is InChI=1S/C9H18N2O4/c1-6(12)8(9(14)15)10-7(13)4-5-11(2)3/h6,8,12H,4-5H2,1-3H3,(H,10,13)(H,14,15). The third kappa shape index (κ3) is 6.03. The van der Waals surface area contributed by atoms with Gasteiger partial charge in [-0.25, -0.2) is 4.79 Å². The first kappa shape index (κ1) is 13.9. The van der Waals surface area contributed by atoms with Gasteiger partial charge in [-0.2, -0.15) is 0 Å². The molecular weight excluding hydrogens is 200 g/mol. The Balaban J connectivity index is 4.07. The van der Waals surface area contributed by atoms with Crippen LogP contribution in [0, 0.1) is 0 Å². The van der Waals surface area contributed by atoms with Gasteiger partial charge in [0.25, 0.3) is 0 Å². The van der Waals surface area contributed by atoms with Crippen LogP contribution in [-0.4, -0.2) is 59.8 Å². The lowest BCUT2D eigenvalue weighted by Gasteiger charge is -2.17. The Morgan fingerprint density at radius 2 is 1.93 bits per heavy atom. The van der Waals surface area contributed by atoms with Gasteiger partial charge >= 0.3 is 5.97 Å². The quantitative estimate of drug-likeness (QED) is 0.526.